The Balaban J connectivity index is 1.76. The van der Waals surface area contributed by atoms with Gasteiger partial charge in [0.05, 0.1) is 0 Å². The molecule has 21 heavy (non-hydrogen) atoms. The largest absolute Gasteiger partial charge is 0.491 e. The van der Waals surface area contributed by atoms with Crippen molar-refractivity contribution in [3.63, 3.8) is 0 Å². The number of β-amino-alcohol motifs (C(OH)–C–C–N with tert-alkyl or cyclic N) is 1. The molecule has 0 radical (unpaired) electrons. The van der Waals surface area contributed by atoms with Crippen molar-refractivity contribution >= 4 is 5.91 Å². The first-order valence-corrected chi connectivity index (χ1v) is 7.26. The lowest BCUT2D eigenvalue weighted by atomic mass is 10.2. The van der Waals surface area contributed by atoms with Crippen LogP contribution in [0.2, 0.25) is 0 Å². The van der Waals surface area contributed by atoms with E-state index < -0.39 is 6.10 Å². The molecule has 1 aliphatic heterocycles. The molecule has 1 fully saturated rings. The third kappa shape index (κ3) is 5.34. The number of hydrogen-bond donors (Lipinski definition) is 3. The standard InChI is InChI=1S/C15H23N3O3/c16-9-12-2-1-3-14(8-12)21-11-13(19)10-18-6-4-15(20)17-5-7-18/h1-3,8,13,19H,4-7,9-11,16H2,(H,17,20). The van der Waals surface area contributed by atoms with Crippen molar-refractivity contribution in [3.8, 4) is 5.75 Å². The van der Waals surface area contributed by atoms with Crippen molar-refractivity contribution in [2.24, 2.45) is 5.73 Å². The lowest BCUT2D eigenvalue weighted by molar-refractivity contribution is -0.120. The molecule has 0 aromatic heterocycles. The normalized spacial score (nSPS) is 17.9. The third-order valence-corrected chi connectivity index (χ3v) is 3.45. The molecule has 2 rings (SSSR count). The summed E-state index contributed by atoms with van der Waals surface area (Å²) in [6, 6.07) is 7.54. The number of nitrogens with one attached hydrogen (secondary N) is 1. The van der Waals surface area contributed by atoms with E-state index in [1.807, 2.05) is 24.3 Å². The summed E-state index contributed by atoms with van der Waals surface area (Å²) in [6.07, 6.45) is -0.105. The van der Waals surface area contributed by atoms with Gasteiger partial charge >= 0.3 is 0 Å². The number of carbonyl (C=O) groups is 1. The number of aliphatic hydroxyl groups excluding tert-OH is 1. The van der Waals surface area contributed by atoms with Crippen LogP contribution in [0.5, 0.6) is 5.75 Å². The highest BCUT2D eigenvalue weighted by Crippen LogP contribution is 2.13. The predicted molar refractivity (Wildman–Crippen MR) is 79.9 cm³/mol. The van der Waals surface area contributed by atoms with Gasteiger partial charge in [-0.15, -0.1) is 0 Å². The highest BCUT2D eigenvalue weighted by Gasteiger charge is 2.16. The van der Waals surface area contributed by atoms with E-state index >= 15 is 0 Å². The minimum atomic E-state index is -0.584. The minimum Gasteiger partial charge on any atom is -0.491 e. The lowest BCUT2D eigenvalue weighted by Gasteiger charge is -2.22. The van der Waals surface area contributed by atoms with Crippen LogP contribution in [0.3, 0.4) is 0 Å². The zero-order valence-electron chi connectivity index (χ0n) is 12.1. The van der Waals surface area contributed by atoms with Crippen LogP contribution in [0, 0.1) is 0 Å². The topological polar surface area (TPSA) is 87.8 Å². The number of nitrogens with zero attached hydrogens (tertiary/aromatic N) is 1. The molecule has 0 spiro atoms. The maximum atomic E-state index is 11.3. The molecule has 4 N–H and O–H groups in total. The van der Waals surface area contributed by atoms with Crippen molar-refractivity contribution in [1.82, 2.24) is 10.2 Å². The Hall–Kier alpha value is -1.63. The Morgan fingerprint density at radius 2 is 2.29 bits per heavy atom. The maximum absolute atomic E-state index is 11.3. The lowest BCUT2D eigenvalue weighted by Crippen LogP contribution is -2.37. The molecule has 6 heteroatoms. The molecule has 1 atom stereocenters. The summed E-state index contributed by atoms with van der Waals surface area (Å²) >= 11 is 0. The molecule has 1 heterocycles. The molecular weight excluding hydrogens is 270 g/mol. The van der Waals surface area contributed by atoms with Crippen LogP contribution < -0.4 is 15.8 Å². The average Bonchev–Trinajstić information content (AvgIpc) is 2.70. The Bertz CT molecular complexity index is 467. The summed E-state index contributed by atoms with van der Waals surface area (Å²) in [7, 11) is 0. The van der Waals surface area contributed by atoms with Gasteiger partial charge in [-0.2, -0.15) is 0 Å². The van der Waals surface area contributed by atoms with Gasteiger partial charge in [-0.05, 0) is 17.7 Å². The fraction of sp³-hybridized carbons (Fsp3) is 0.533. The molecule has 116 valence electrons. The number of ether oxygens (including phenoxy) is 1. The summed E-state index contributed by atoms with van der Waals surface area (Å²) in [6.45, 7) is 3.26. The molecule has 1 aromatic rings. The second-order valence-electron chi connectivity index (χ2n) is 5.22. The molecule has 1 amide bonds. The second kappa shape index (κ2) is 7.97. The number of carbonyl (C=O) groups excluding carboxylic acids is 1. The summed E-state index contributed by atoms with van der Waals surface area (Å²) in [5, 5.41) is 12.9. The monoisotopic (exact) mass is 293 g/mol. The second-order valence-corrected chi connectivity index (χ2v) is 5.22. The summed E-state index contributed by atoms with van der Waals surface area (Å²) < 4.78 is 5.59. The van der Waals surface area contributed by atoms with Gasteiger partial charge in [0.25, 0.3) is 0 Å². The van der Waals surface area contributed by atoms with E-state index in [0.29, 0.717) is 38.3 Å². The van der Waals surface area contributed by atoms with Crippen LogP contribution in [0.1, 0.15) is 12.0 Å². The van der Waals surface area contributed by atoms with Gasteiger partial charge < -0.3 is 20.9 Å². The van der Waals surface area contributed by atoms with Gasteiger partial charge in [-0.1, -0.05) is 12.1 Å². The molecular formula is C15H23N3O3. The van der Waals surface area contributed by atoms with Crippen LogP contribution in [-0.4, -0.2) is 54.8 Å². The van der Waals surface area contributed by atoms with Crippen molar-refractivity contribution in [3.05, 3.63) is 29.8 Å². The summed E-state index contributed by atoms with van der Waals surface area (Å²) in [4.78, 5) is 13.3. The number of nitrogens with two attached hydrogens (primary N) is 1. The Morgan fingerprint density at radius 1 is 1.43 bits per heavy atom. The Morgan fingerprint density at radius 3 is 3.10 bits per heavy atom. The molecule has 1 unspecified atom stereocenters. The molecule has 0 aliphatic carbocycles. The van der Waals surface area contributed by atoms with Gasteiger partial charge in [0.1, 0.15) is 18.5 Å². The van der Waals surface area contributed by atoms with Crippen LogP contribution in [0.15, 0.2) is 24.3 Å². The van der Waals surface area contributed by atoms with Crippen molar-refractivity contribution in [2.45, 2.75) is 19.1 Å². The van der Waals surface area contributed by atoms with Crippen LogP contribution in [0.25, 0.3) is 0 Å². The summed E-state index contributed by atoms with van der Waals surface area (Å²) in [5.74, 6) is 0.784. The fourth-order valence-electron chi connectivity index (χ4n) is 2.30. The van der Waals surface area contributed by atoms with Crippen molar-refractivity contribution in [2.75, 3.05) is 32.8 Å². The number of aliphatic hydroxyl groups is 1. The van der Waals surface area contributed by atoms with E-state index in [4.69, 9.17) is 10.5 Å². The number of rotatable bonds is 6. The summed E-state index contributed by atoms with van der Waals surface area (Å²) in [5.41, 5.74) is 6.58. The number of hydrogen-bond acceptors (Lipinski definition) is 5. The van der Waals surface area contributed by atoms with Gasteiger partial charge in [-0.25, -0.2) is 0 Å². The van der Waals surface area contributed by atoms with Gasteiger partial charge in [0.2, 0.25) is 5.91 Å². The molecule has 1 aliphatic rings. The smallest absolute Gasteiger partial charge is 0.221 e. The van der Waals surface area contributed by atoms with Crippen LogP contribution >= 0.6 is 0 Å². The Kier molecular flexibility index (Phi) is 5.98. The maximum Gasteiger partial charge on any atom is 0.221 e. The van der Waals surface area contributed by atoms with E-state index in [9.17, 15) is 9.90 Å². The van der Waals surface area contributed by atoms with Crippen LogP contribution in [-0.2, 0) is 11.3 Å². The van der Waals surface area contributed by atoms with Gasteiger partial charge in [0, 0.05) is 39.1 Å². The molecule has 6 nitrogen and oxygen atoms in total. The zero-order valence-corrected chi connectivity index (χ0v) is 12.1. The Labute approximate surface area is 124 Å². The minimum absolute atomic E-state index is 0.0711. The molecule has 0 saturated carbocycles. The third-order valence-electron chi connectivity index (χ3n) is 3.45. The van der Waals surface area contributed by atoms with E-state index in [-0.39, 0.29) is 12.5 Å². The first kappa shape index (κ1) is 15.8. The predicted octanol–water partition coefficient (Wildman–Crippen LogP) is -0.293. The first-order chi connectivity index (χ1) is 10.2. The molecule has 1 aromatic carbocycles. The number of benzene rings is 1. The first-order valence-electron chi connectivity index (χ1n) is 7.26. The van der Waals surface area contributed by atoms with E-state index in [0.717, 1.165) is 12.1 Å². The average molecular weight is 293 g/mol. The molecule has 0 bridgehead atoms. The van der Waals surface area contributed by atoms with Crippen molar-refractivity contribution < 1.29 is 14.6 Å². The zero-order chi connectivity index (χ0) is 15.1. The van der Waals surface area contributed by atoms with Gasteiger partial charge in [0.15, 0.2) is 0 Å². The van der Waals surface area contributed by atoms with Gasteiger partial charge in [-0.3, -0.25) is 9.69 Å². The van der Waals surface area contributed by atoms with Crippen LogP contribution in [0.4, 0.5) is 0 Å². The van der Waals surface area contributed by atoms with Crippen molar-refractivity contribution in [1.29, 1.82) is 0 Å². The quantitative estimate of drug-likeness (QED) is 0.671. The number of amides is 1. The fourth-order valence-corrected chi connectivity index (χ4v) is 2.30. The van der Waals surface area contributed by atoms with E-state index in [2.05, 4.69) is 10.2 Å². The molecule has 1 saturated heterocycles. The highest BCUT2D eigenvalue weighted by molar-refractivity contribution is 5.76. The van der Waals surface area contributed by atoms with E-state index in [1.54, 1.807) is 0 Å². The highest BCUT2D eigenvalue weighted by atomic mass is 16.5. The SMILES string of the molecule is NCc1cccc(OCC(O)CN2CCNC(=O)CC2)c1. The van der Waals surface area contributed by atoms with E-state index in [1.165, 1.54) is 0 Å².